The number of nitrogens with one attached hydrogen (secondary N) is 1. The molecular weight excluding hydrogens is 338 g/mol. The first-order valence-corrected chi connectivity index (χ1v) is 6.50. The van der Waals surface area contributed by atoms with Crippen LogP contribution >= 0.6 is 15.9 Å². The van der Waals surface area contributed by atoms with Crippen LogP contribution in [0.25, 0.3) is 0 Å². The largest absolute Gasteiger partial charge is 0.416 e. The van der Waals surface area contributed by atoms with Gasteiger partial charge in [0.1, 0.15) is 5.82 Å². The van der Waals surface area contributed by atoms with E-state index in [0.29, 0.717) is 16.7 Å². The zero-order valence-electron chi connectivity index (χ0n) is 10.1. The van der Waals surface area contributed by atoms with E-state index in [-0.39, 0.29) is 5.82 Å². The van der Waals surface area contributed by atoms with Crippen molar-refractivity contribution in [2.75, 3.05) is 5.32 Å². The van der Waals surface area contributed by atoms with Crippen molar-refractivity contribution in [3.63, 3.8) is 0 Å². The van der Waals surface area contributed by atoms with Gasteiger partial charge in [0, 0.05) is 12.2 Å². The van der Waals surface area contributed by atoms with Gasteiger partial charge in [-0.1, -0.05) is 6.07 Å². The van der Waals surface area contributed by atoms with Crippen molar-refractivity contribution in [2.24, 2.45) is 0 Å². The molecule has 0 heterocycles. The Morgan fingerprint density at radius 1 is 1.00 bits per heavy atom. The van der Waals surface area contributed by atoms with Crippen LogP contribution in [0.2, 0.25) is 0 Å². The molecule has 20 heavy (non-hydrogen) atoms. The molecule has 0 aromatic heterocycles. The number of anilines is 1. The molecular formula is C14H10BrF4N. The van der Waals surface area contributed by atoms with E-state index in [1.165, 1.54) is 18.2 Å². The number of benzene rings is 2. The van der Waals surface area contributed by atoms with E-state index in [1.807, 2.05) is 0 Å². The molecule has 0 saturated heterocycles. The van der Waals surface area contributed by atoms with Gasteiger partial charge >= 0.3 is 6.18 Å². The van der Waals surface area contributed by atoms with Gasteiger partial charge in [-0.2, -0.15) is 13.2 Å². The lowest BCUT2D eigenvalue weighted by molar-refractivity contribution is -0.137. The molecule has 0 unspecified atom stereocenters. The molecule has 0 atom stereocenters. The smallest absolute Gasteiger partial charge is 0.381 e. The fourth-order valence-corrected chi connectivity index (χ4v) is 2.06. The predicted molar refractivity (Wildman–Crippen MR) is 72.9 cm³/mol. The zero-order valence-corrected chi connectivity index (χ0v) is 11.7. The summed E-state index contributed by atoms with van der Waals surface area (Å²) in [6.45, 7) is 0.393. The highest BCUT2D eigenvalue weighted by Crippen LogP contribution is 2.29. The van der Waals surface area contributed by atoms with E-state index in [2.05, 4.69) is 21.2 Å². The van der Waals surface area contributed by atoms with Crippen LogP contribution in [0.4, 0.5) is 23.2 Å². The molecule has 2 rings (SSSR count). The van der Waals surface area contributed by atoms with Crippen molar-refractivity contribution < 1.29 is 17.6 Å². The lowest BCUT2D eigenvalue weighted by Gasteiger charge is -2.10. The van der Waals surface area contributed by atoms with Gasteiger partial charge in [-0.25, -0.2) is 4.39 Å². The molecule has 0 saturated carbocycles. The molecule has 0 radical (unpaired) electrons. The van der Waals surface area contributed by atoms with Crippen LogP contribution in [0, 0.1) is 5.82 Å². The van der Waals surface area contributed by atoms with Crippen molar-refractivity contribution in [1.29, 1.82) is 0 Å². The maximum Gasteiger partial charge on any atom is 0.416 e. The Kier molecular flexibility index (Phi) is 4.32. The monoisotopic (exact) mass is 347 g/mol. The van der Waals surface area contributed by atoms with Crippen molar-refractivity contribution in [3.05, 3.63) is 63.9 Å². The second-order valence-corrected chi connectivity index (χ2v) is 5.03. The summed E-state index contributed by atoms with van der Waals surface area (Å²) in [5.41, 5.74) is 0.698. The number of hydrogen-bond acceptors (Lipinski definition) is 1. The molecule has 0 aliphatic carbocycles. The Labute approximate surface area is 121 Å². The van der Waals surface area contributed by atoms with E-state index >= 15 is 0 Å². The normalized spacial score (nSPS) is 11.4. The van der Waals surface area contributed by atoms with Gasteiger partial charge in [-0.15, -0.1) is 0 Å². The summed E-state index contributed by atoms with van der Waals surface area (Å²) in [6.07, 6.45) is -4.33. The summed E-state index contributed by atoms with van der Waals surface area (Å²) in [4.78, 5) is 0. The second kappa shape index (κ2) is 5.83. The molecule has 1 nitrogen and oxygen atoms in total. The zero-order chi connectivity index (χ0) is 14.8. The van der Waals surface area contributed by atoms with Gasteiger partial charge < -0.3 is 5.32 Å². The highest BCUT2D eigenvalue weighted by Gasteiger charge is 2.29. The van der Waals surface area contributed by atoms with Crippen molar-refractivity contribution in [3.8, 4) is 0 Å². The summed E-state index contributed by atoms with van der Waals surface area (Å²) in [6, 6.07) is 9.31. The minimum atomic E-state index is -4.33. The molecule has 0 aliphatic rings. The Morgan fingerprint density at radius 3 is 2.20 bits per heavy atom. The van der Waals surface area contributed by atoms with Crippen LogP contribution < -0.4 is 5.32 Å². The molecule has 2 aromatic rings. The first kappa shape index (κ1) is 14.8. The molecule has 0 spiro atoms. The third-order valence-electron chi connectivity index (χ3n) is 2.69. The van der Waals surface area contributed by atoms with Gasteiger partial charge in [-0.05, 0) is 57.9 Å². The Bertz CT molecular complexity index is 593. The van der Waals surface area contributed by atoms with Crippen LogP contribution in [-0.4, -0.2) is 0 Å². The van der Waals surface area contributed by atoms with Crippen LogP contribution in [-0.2, 0) is 12.7 Å². The second-order valence-electron chi connectivity index (χ2n) is 4.18. The molecule has 106 valence electrons. The fraction of sp³-hybridized carbons (Fsp3) is 0.143. The molecule has 0 fully saturated rings. The molecule has 0 bridgehead atoms. The average Bonchev–Trinajstić information content (AvgIpc) is 2.40. The van der Waals surface area contributed by atoms with Crippen molar-refractivity contribution in [2.45, 2.75) is 12.7 Å². The van der Waals surface area contributed by atoms with Gasteiger partial charge in [0.15, 0.2) is 0 Å². The summed E-state index contributed by atoms with van der Waals surface area (Å²) in [5.74, 6) is -0.358. The molecule has 0 aliphatic heterocycles. The van der Waals surface area contributed by atoms with Gasteiger partial charge in [0.25, 0.3) is 0 Å². The Morgan fingerprint density at radius 2 is 1.65 bits per heavy atom. The van der Waals surface area contributed by atoms with E-state index in [9.17, 15) is 17.6 Å². The SMILES string of the molecule is Fc1ccc(CNc2ccc(C(F)(F)F)cc2)cc1Br. The minimum absolute atomic E-state index is 0.351. The predicted octanol–water partition coefficient (Wildman–Crippen LogP) is 5.22. The third kappa shape index (κ3) is 3.72. The lowest BCUT2D eigenvalue weighted by Crippen LogP contribution is -2.05. The van der Waals surface area contributed by atoms with Gasteiger partial charge in [0.05, 0.1) is 10.0 Å². The van der Waals surface area contributed by atoms with Gasteiger partial charge in [0.2, 0.25) is 0 Å². The average molecular weight is 348 g/mol. The number of rotatable bonds is 3. The van der Waals surface area contributed by atoms with Crippen molar-refractivity contribution >= 4 is 21.6 Å². The first-order valence-electron chi connectivity index (χ1n) is 5.71. The molecule has 2 aromatic carbocycles. The minimum Gasteiger partial charge on any atom is -0.381 e. The summed E-state index contributed by atoms with van der Waals surface area (Å²) in [5, 5.41) is 2.98. The highest BCUT2D eigenvalue weighted by atomic mass is 79.9. The summed E-state index contributed by atoms with van der Waals surface area (Å²) in [7, 11) is 0. The van der Waals surface area contributed by atoms with Gasteiger partial charge in [-0.3, -0.25) is 0 Å². The van der Waals surface area contributed by atoms with Crippen molar-refractivity contribution in [1.82, 2.24) is 0 Å². The van der Waals surface area contributed by atoms with Crippen LogP contribution in [0.15, 0.2) is 46.9 Å². The number of halogens is 5. The Hall–Kier alpha value is -1.56. The first-order chi connectivity index (χ1) is 9.36. The molecule has 1 N–H and O–H groups in total. The van der Waals surface area contributed by atoms with E-state index in [4.69, 9.17) is 0 Å². The van der Waals surface area contributed by atoms with E-state index in [1.54, 1.807) is 12.1 Å². The quantitative estimate of drug-likeness (QED) is 0.750. The molecule has 0 amide bonds. The lowest BCUT2D eigenvalue weighted by atomic mass is 10.2. The summed E-state index contributed by atoms with van der Waals surface area (Å²) >= 11 is 3.08. The van der Waals surface area contributed by atoms with Crippen LogP contribution in [0.3, 0.4) is 0 Å². The number of hydrogen-bond donors (Lipinski definition) is 1. The van der Waals surface area contributed by atoms with Crippen LogP contribution in [0.5, 0.6) is 0 Å². The van der Waals surface area contributed by atoms with Crippen LogP contribution in [0.1, 0.15) is 11.1 Å². The van der Waals surface area contributed by atoms with E-state index in [0.717, 1.165) is 17.7 Å². The third-order valence-corrected chi connectivity index (χ3v) is 3.30. The topological polar surface area (TPSA) is 12.0 Å². The molecule has 6 heteroatoms. The standard InChI is InChI=1S/C14H10BrF4N/c15-12-7-9(1-6-13(12)16)8-20-11-4-2-10(3-5-11)14(17,18)19/h1-7,20H,8H2. The maximum absolute atomic E-state index is 13.0. The maximum atomic E-state index is 13.0. The van der Waals surface area contributed by atoms with E-state index < -0.39 is 11.7 Å². The highest BCUT2D eigenvalue weighted by molar-refractivity contribution is 9.10. The fourth-order valence-electron chi connectivity index (χ4n) is 1.63. The summed E-state index contributed by atoms with van der Waals surface area (Å²) < 4.78 is 50.6. The Balaban J connectivity index is 2.02. The number of alkyl halides is 3.